The lowest BCUT2D eigenvalue weighted by Crippen LogP contribution is -2.12. The number of ether oxygens (including phenoxy) is 1. The highest BCUT2D eigenvalue weighted by Crippen LogP contribution is 2.13. The summed E-state index contributed by atoms with van der Waals surface area (Å²) in [6, 6.07) is 6.80. The average Bonchev–Trinajstić information content (AvgIpc) is 2.17. The second kappa shape index (κ2) is 4.86. The Kier molecular flexibility index (Phi) is 3.77. The van der Waals surface area contributed by atoms with Crippen LogP contribution in [0.4, 0.5) is 0 Å². The number of rotatable bonds is 3. The van der Waals surface area contributed by atoms with Gasteiger partial charge in [-0.15, -0.1) is 0 Å². The Hall–Kier alpha value is -1.22. The van der Waals surface area contributed by atoms with Gasteiger partial charge in [-0.2, -0.15) is 0 Å². The summed E-state index contributed by atoms with van der Waals surface area (Å²) < 4.78 is 5.42. The van der Waals surface area contributed by atoms with Crippen molar-refractivity contribution in [3.05, 3.63) is 29.8 Å². The third kappa shape index (κ3) is 2.92. The molecule has 0 fully saturated rings. The van der Waals surface area contributed by atoms with Gasteiger partial charge in [0, 0.05) is 17.3 Å². The van der Waals surface area contributed by atoms with Crippen molar-refractivity contribution >= 4 is 17.7 Å². The normalized spacial score (nSPS) is 10.0. The molecule has 1 aromatic rings. The molecule has 1 rings (SSSR count). The Morgan fingerprint density at radius 3 is 2.36 bits per heavy atom. The third-order valence-electron chi connectivity index (χ3n) is 1.57. The molecule has 0 atom stereocenters. The first kappa shape index (κ1) is 10.9. The summed E-state index contributed by atoms with van der Waals surface area (Å²) in [5.41, 5.74) is 0.510. The van der Waals surface area contributed by atoms with E-state index in [-0.39, 0.29) is 12.0 Å². The molecule has 3 nitrogen and oxygen atoms in total. The highest BCUT2D eigenvalue weighted by Gasteiger charge is 2.03. The average molecular weight is 214 g/mol. The van der Waals surface area contributed by atoms with Crippen molar-refractivity contribution in [2.24, 2.45) is 0 Å². The van der Waals surface area contributed by atoms with E-state index in [9.17, 15) is 4.79 Å². The first-order chi connectivity index (χ1) is 6.63. The van der Waals surface area contributed by atoms with E-state index >= 15 is 0 Å². The number of nitrogens with one attached hydrogen (secondary N) is 1. The quantitative estimate of drug-likeness (QED) is 0.783. The van der Waals surface area contributed by atoms with Gasteiger partial charge in [0.15, 0.2) is 0 Å². The predicted molar refractivity (Wildman–Crippen MR) is 55.5 cm³/mol. The minimum atomic E-state index is -0.317. The topological polar surface area (TPSA) is 38.3 Å². The summed E-state index contributed by atoms with van der Waals surface area (Å²) in [7, 11) is 0. The Morgan fingerprint density at radius 1 is 1.36 bits per heavy atom. The molecule has 0 bridgehead atoms. The molecule has 0 saturated carbocycles. The third-order valence-corrected chi connectivity index (χ3v) is 1.75. The molecule has 0 spiro atoms. The van der Waals surface area contributed by atoms with Crippen LogP contribution in [0, 0.1) is 0 Å². The van der Waals surface area contributed by atoms with Gasteiger partial charge in [-0.1, -0.05) is 0 Å². The summed E-state index contributed by atoms with van der Waals surface area (Å²) in [6.07, 6.45) is 0.128. The number of hydrogen-bond acceptors (Lipinski definition) is 2. The highest BCUT2D eigenvalue weighted by atomic mass is 35.5. The molecule has 0 aliphatic rings. The van der Waals surface area contributed by atoms with Gasteiger partial charge in [-0.3, -0.25) is 9.63 Å². The van der Waals surface area contributed by atoms with Gasteiger partial charge in [0.1, 0.15) is 5.75 Å². The standard InChI is InChI=1S/C10H12ClNO2/c1-7(2)14-9-5-3-8(4-6-9)10(13)12-11/h3-7H,1-2H3,(H,12,13). The van der Waals surface area contributed by atoms with Crippen molar-refractivity contribution in [2.75, 3.05) is 0 Å². The van der Waals surface area contributed by atoms with Crippen LogP contribution in [0.25, 0.3) is 0 Å². The monoisotopic (exact) mass is 213 g/mol. The molecule has 0 radical (unpaired) electrons. The lowest BCUT2D eigenvalue weighted by molar-refractivity contribution is 0.0982. The molecule has 4 heteroatoms. The zero-order valence-electron chi connectivity index (χ0n) is 8.08. The summed E-state index contributed by atoms with van der Waals surface area (Å²) in [6.45, 7) is 3.89. The van der Waals surface area contributed by atoms with E-state index in [4.69, 9.17) is 16.5 Å². The van der Waals surface area contributed by atoms with E-state index in [0.29, 0.717) is 5.56 Å². The van der Waals surface area contributed by atoms with Crippen LogP contribution < -0.4 is 9.57 Å². The van der Waals surface area contributed by atoms with Crippen molar-refractivity contribution in [2.45, 2.75) is 20.0 Å². The maximum absolute atomic E-state index is 11.1. The zero-order chi connectivity index (χ0) is 10.6. The number of halogens is 1. The maximum atomic E-state index is 11.1. The summed E-state index contributed by atoms with van der Waals surface area (Å²) in [4.78, 5) is 13.1. The van der Waals surface area contributed by atoms with Crippen LogP contribution >= 0.6 is 11.8 Å². The maximum Gasteiger partial charge on any atom is 0.265 e. The van der Waals surface area contributed by atoms with Crippen LogP contribution in [0.3, 0.4) is 0 Å². The first-order valence-corrected chi connectivity index (χ1v) is 4.69. The van der Waals surface area contributed by atoms with Gasteiger partial charge in [-0.05, 0) is 38.1 Å². The fourth-order valence-corrected chi connectivity index (χ4v) is 1.12. The van der Waals surface area contributed by atoms with E-state index in [0.717, 1.165) is 5.75 Å². The predicted octanol–water partition coefficient (Wildman–Crippen LogP) is 2.36. The van der Waals surface area contributed by atoms with Crippen LogP contribution in [0.2, 0.25) is 0 Å². The molecule has 1 aromatic carbocycles. The number of carbonyl (C=O) groups excluding carboxylic acids is 1. The number of benzene rings is 1. The van der Waals surface area contributed by atoms with E-state index in [2.05, 4.69) is 0 Å². The number of hydrogen-bond donors (Lipinski definition) is 1. The van der Waals surface area contributed by atoms with E-state index < -0.39 is 0 Å². The first-order valence-electron chi connectivity index (χ1n) is 4.31. The molecule has 0 unspecified atom stereocenters. The van der Waals surface area contributed by atoms with Crippen molar-refractivity contribution in [1.82, 2.24) is 4.84 Å². The molecule has 0 aliphatic carbocycles. The molecular formula is C10H12ClNO2. The molecule has 0 heterocycles. The molecule has 14 heavy (non-hydrogen) atoms. The van der Waals surface area contributed by atoms with E-state index in [1.54, 1.807) is 24.3 Å². The minimum absolute atomic E-state index is 0.128. The molecule has 1 amide bonds. The Balaban J connectivity index is 2.73. The van der Waals surface area contributed by atoms with Crippen LogP contribution in [0.5, 0.6) is 5.75 Å². The van der Waals surface area contributed by atoms with Gasteiger partial charge in [0.25, 0.3) is 5.91 Å². The van der Waals surface area contributed by atoms with Gasteiger partial charge >= 0.3 is 0 Å². The largest absolute Gasteiger partial charge is 0.491 e. The lowest BCUT2D eigenvalue weighted by atomic mass is 10.2. The van der Waals surface area contributed by atoms with Gasteiger partial charge in [0.05, 0.1) is 6.10 Å². The Morgan fingerprint density at radius 2 is 1.93 bits per heavy atom. The van der Waals surface area contributed by atoms with Crippen molar-refractivity contribution in [3.8, 4) is 5.75 Å². The summed E-state index contributed by atoms with van der Waals surface area (Å²) in [5, 5.41) is 0. The number of carbonyl (C=O) groups is 1. The minimum Gasteiger partial charge on any atom is -0.491 e. The molecule has 0 aliphatic heterocycles. The van der Waals surface area contributed by atoms with E-state index in [1.165, 1.54) is 0 Å². The molecular weight excluding hydrogens is 202 g/mol. The van der Waals surface area contributed by atoms with Crippen molar-refractivity contribution in [3.63, 3.8) is 0 Å². The second-order valence-corrected chi connectivity index (χ2v) is 3.30. The summed E-state index contributed by atoms with van der Waals surface area (Å²) >= 11 is 5.18. The van der Waals surface area contributed by atoms with Gasteiger partial charge in [0.2, 0.25) is 0 Å². The SMILES string of the molecule is CC(C)Oc1ccc(C(=O)NCl)cc1. The Labute approximate surface area is 88.1 Å². The lowest BCUT2D eigenvalue weighted by Gasteiger charge is -2.09. The highest BCUT2D eigenvalue weighted by molar-refractivity contribution is 6.24. The van der Waals surface area contributed by atoms with Crippen molar-refractivity contribution < 1.29 is 9.53 Å². The zero-order valence-corrected chi connectivity index (χ0v) is 8.84. The Bertz CT molecular complexity index is 308. The summed E-state index contributed by atoms with van der Waals surface area (Å²) in [5.74, 6) is 0.425. The van der Waals surface area contributed by atoms with Crippen LogP contribution in [0.1, 0.15) is 24.2 Å². The molecule has 0 aromatic heterocycles. The van der Waals surface area contributed by atoms with Crippen LogP contribution in [0.15, 0.2) is 24.3 Å². The van der Waals surface area contributed by atoms with Crippen LogP contribution in [-0.4, -0.2) is 12.0 Å². The fraction of sp³-hybridized carbons (Fsp3) is 0.300. The number of amides is 1. The molecule has 1 N–H and O–H groups in total. The molecule has 76 valence electrons. The van der Waals surface area contributed by atoms with E-state index in [1.807, 2.05) is 18.7 Å². The van der Waals surface area contributed by atoms with Crippen molar-refractivity contribution in [1.29, 1.82) is 0 Å². The second-order valence-electron chi connectivity index (χ2n) is 3.11. The molecule has 0 saturated heterocycles. The van der Waals surface area contributed by atoms with Gasteiger partial charge < -0.3 is 4.74 Å². The fourth-order valence-electron chi connectivity index (χ4n) is 1.01. The van der Waals surface area contributed by atoms with Gasteiger partial charge in [-0.25, -0.2) is 0 Å². The van der Waals surface area contributed by atoms with Crippen LogP contribution in [-0.2, 0) is 0 Å². The smallest absolute Gasteiger partial charge is 0.265 e.